The summed E-state index contributed by atoms with van der Waals surface area (Å²) < 4.78 is 117. The summed E-state index contributed by atoms with van der Waals surface area (Å²) in [5.74, 6) is -3.98. The number of ether oxygens (including phenoxy) is 2. The Labute approximate surface area is 484 Å². The molecular formula is C57H53Cl2F7N12O6. The minimum Gasteiger partial charge on any atom is -0.488 e. The van der Waals surface area contributed by atoms with Gasteiger partial charge in [-0.2, -0.15) is 23.1 Å². The molecule has 0 radical (unpaired) electrons. The molecule has 0 bridgehead atoms. The van der Waals surface area contributed by atoms with Crippen molar-refractivity contribution in [2.75, 3.05) is 69.3 Å². The van der Waals surface area contributed by atoms with Crippen molar-refractivity contribution in [3.05, 3.63) is 134 Å². The number of nitrogens with zero attached hydrogens (tertiary/aromatic N) is 12. The maximum absolute atomic E-state index is 15.6. The van der Waals surface area contributed by atoms with E-state index in [2.05, 4.69) is 33.4 Å². The van der Waals surface area contributed by atoms with Crippen molar-refractivity contribution in [2.45, 2.75) is 76.7 Å². The highest BCUT2D eigenvalue weighted by Crippen LogP contribution is 2.50. The molecule has 4 aliphatic heterocycles. The third-order valence-electron chi connectivity index (χ3n) is 15.9. The van der Waals surface area contributed by atoms with E-state index in [-0.39, 0.29) is 154 Å². The lowest BCUT2D eigenvalue weighted by Gasteiger charge is -2.45. The Morgan fingerprint density at radius 2 is 1.21 bits per heavy atom. The predicted molar refractivity (Wildman–Crippen MR) is 301 cm³/mol. The molecule has 2 fully saturated rings. The maximum atomic E-state index is 15.6. The van der Waals surface area contributed by atoms with Crippen LogP contribution in [0.25, 0.3) is 49.6 Å². The van der Waals surface area contributed by atoms with E-state index in [1.807, 2.05) is 18.7 Å². The normalized spacial score (nSPS) is 20.6. The second-order valence-corrected chi connectivity index (χ2v) is 22.6. The Morgan fingerprint density at radius 1 is 0.726 bits per heavy atom. The number of aromatic nitrogens is 7. The van der Waals surface area contributed by atoms with Gasteiger partial charge in [0.15, 0.2) is 11.5 Å². The number of likely N-dealkylation sites (N-methyl/N-ethyl adjacent to an activating group) is 1. The van der Waals surface area contributed by atoms with Crippen molar-refractivity contribution in [3.8, 4) is 33.8 Å². The number of benzene rings is 4. The second kappa shape index (κ2) is 21.9. The number of carbonyl (C=O) groups is 2. The monoisotopic (exact) mass is 1200 g/mol. The van der Waals surface area contributed by atoms with Crippen LogP contribution in [0.15, 0.2) is 83.6 Å². The Morgan fingerprint density at radius 3 is 1.71 bits per heavy atom. The second-order valence-electron chi connectivity index (χ2n) is 21.7. The first-order valence-corrected chi connectivity index (χ1v) is 27.4. The van der Waals surface area contributed by atoms with Crippen LogP contribution >= 0.6 is 23.2 Å². The molecule has 0 aliphatic carbocycles. The number of anilines is 2. The molecule has 18 nitrogen and oxygen atoms in total. The third-order valence-corrected chi connectivity index (χ3v) is 16.5. The molecule has 0 N–H and O–H groups in total. The zero-order valence-corrected chi connectivity index (χ0v) is 47.2. The summed E-state index contributed by atoms with van der Waals surface area (Å²) in [6, 6.07) is 5.23. The van der Waals surface area contributed by atoms with Crippen LogP contribution in [0.2, 0.25) is 10.0 Å². The van der Waals surface area contributed by atoms with Crippen LogP contribution < -0.4 is 30.7 Å². The van der Waals surface area contributed by atoms with Gasteiger partial charge in [-0.05, 0) is 77.2 Å². The van der Waals surface area contributed by atoms with E-state index in [1.54, 1.807) is 34.6 Å². The van der Waals surface area contributed by atoms with Gasteiger partial charge in [0.05, 0.1) is 58.0 Å². The molecule has 2 unspecified atom stereocenters. The molecule has 7 heterocycles. The minimum atomic E-state index is -4.55. The molecule has 2 saturated heterocycles. The zero-order valence-electron chi connectivity index (χ0n) is 45.7. The van der Waals surface area contributed by atoms with Crippen molar-refractivity contribution in [1.82, 2.24) is 48.8 Å². The van der Waals surface area contributed by atoms with Gasteiger partial charge in [-0.15, -0.1) is 5.10 Å². The van der Waals surface area contributed by atoms with Gasteiger partial charge in [-0.3, -0.25) is 23.6 Å². The molecule has 27 heteroatoms. The summed E-state index contributed by atoms with van der Waals surface area (Å²) in [6.45, 7) is 13.6. The molecule has 0 spiro atoms. The fourth-order valence-corrected chi connectivity index (χ4v) is 12.6. The summed E-state index contributed by atoms with van der Waals surface area (Å²) in [4.78, 5) is 73.2. The van der Waals surface area contributed by atoms with Crippen molar-refractivity contribution in [1.29, 1.82) is 0 Å². The van der Waals surface area contributed by atoms with Crippen molar-refractivity contribution in [3.63, 3.8) is 0 Å². The van der Waals surface area contributed by atoms with Crippen LogP contribution in [-0.4, -0.2) is 150 Å². The van der Waals surface area contributed by atoms with Crippen LogP contribution in [0.4, 0.5) is 42.4 Å². The summed E-state index contributed by atoms with van der Waals surface area (Å²) in [5, 5.41) is 9.21. The lowest BCUT2D eigenvalue weighted by molar-refractivity contribution is -0.144. The van der Waals surface area contributed by atoms with Gasteiger partial charge >= 0.3 is 17.6 Å². The average Bonchev–Trinajstić information content (AvgIpc) is 2.56. The molecule has 11 rings (SSSR count). The number of hydrogen-bond donors (Lipinski definition) is 0. The highest BCUT2D eigenvalue weighted by atomic mass is 35.5. The van der Waals surface area contributed by atoms with E-state index >= 15 is 8.78 Å². The van der Waals surface area contributed by atoms with Gasteiger partial charge < -0.3 is 29.1 Å². The largest absolute Gasteiger partial charge is 0.488 e. The molecule has 2 amide bonds. The lowest BCUT2D eigenvalue weighted by Crippen LogP contribution is -2.59. The van der Waals surface area contributed by atoms with E-state index in [0.29, 0.717) is 17.5 Å². The molecule has 7 aromatic rings. The molecule has 3 aromatic heterocycles. The van der Waals surface area contributed by atoms with Crippen LogP contribution in [0, 0.1) is 23.3 Å². The summed E-state index contributed by atoms with van der Waals surface area (Å²) >= 11 is 13.9. The van der Waals surface area contributed by atoms with Crippen LogP contribution in [0.1, 0.15) is 45.5 Å². The maximum Gasteiger partial charge on any atom is 0.401 e. The molecule has 6 atom stereocenters. The van der Waals surface area contributed by atoms with E-state index in [9.17, 15) is 41.1 Å². The van der Waals surface area contributed by atoms with Gasteiger partial charge in [0.1, 0.15) is 53.8 Å². The Kier molecular flexibility index (Phi) is 15.0. The number of alkyl halides is 3. The highest BCUT2D eigenvalue weighted by molar-refractivity contribution is 6.36. The first kappa shape index (κ1) is 57.8. The van der Waals surface area contributed by atoms with Crippen molar-refractivity contribution >= 4 is 74.0 Å². The summed E-state index contributed by atoms with van der Waals surface area (Å²) in [6.07, 6.45) is -1.83. The number of amides is 2. The fraction of sp³-hybridized carbons (Fsp3) is 0.368. The molecule has 440 valence electrons. The first-order chi connectivity index (χ1) is 39.8. The number of rotatable bonds is 12. The minimum absolute atomic E-state index is 0.00780. The molecule has 4 aliphatic rings. The van der Waals surface area contributed by atoms with Crippen LogP contribution in [0.3, 0.4) is 0 Å². The number of carbonyl (C=O) groups excluding carboxylic acids is 2. The van der Waals surface area contributed by atoms with Crippen LogP contribution in [-0.2, 0) is 16.1 Å². The smallest absolute Gasteiger partial charge is 0.401 e. The number of halogens is 9. The van der Waals surface area contributed by atoms with E-state index in [1.165, 1.54) is 45.3 Å². The molecule has 4 aromatic carbocycles. The predicted octanol–water partition coefficient (Wildman–Crippen LogP) is 8.71. The van der Waals surface area contributed by atoms with Gasteiger partial charge in [-0.1, -0.05) is 41.6 Å². The fourth-order valence-electron chi connectivity index (χ4n) is 12.0. The zero-order chi connectivity index (χ0) is 60.1. The number of hydrogen-bond acceptors (Lipinski definition) is 13. The van der Waals surface area contributed by atoms with Gasteiger partial charge in [-0.25, -0.2) is 31.8 Å². The SMILES string of the molecule is C=CC(=O)N1C[C@H](C)N(c2nc(=O)n3c4c(c(-c5ccc(F)cc5F)c(Cl)cc24)OCC3Cn2cc(C(=C)C(=O)N3C[C@H](C)N(c4nc(=O)n5c6c(c(-c7ccc(F)cc7F)c(Cl)cc46)OCC5CN(C)CC(F)(F)F)C[C@H]3C)nn2)C[C@H]1C. The first-order valence-electron chi connectivity index (χ1n) is 26.7. The van der Waals surface area contributed by atoms with Gasteiger partial charge in [0, 0.05) is 102 Å². The summed E-state index contributed by atoms with van der Waals surface area (Å²) in [7, 11) is 1.25. The number of piperazine rings is 2. The van der Waals surface area contributed by atoms with E-state index in [4.69, 9.17) is 32.7 Å². The molecule has 0 saturated carbocycles. The lowest BCUT2D eigenvalue weighted by atomic mass is 9.99. The quantitative estimate of drug-likeness (QED) is 0.0842. The summed E-state index contributed by atoms with van der Waals surface area (Å²) in [5.41, 5.74) is -1.32. The van der Waals surface area contributed by atoms with Crippen molar-refractivity contribution in [2.24, 2.45) is 0 Å². The average molecular weight is 1210 g/mol. The van der Waals surface area contributed by atoms with Crippen molar-refractivity contribution < 1.29 is 49.8 Å². The van der Waals surface area contributed by atoms with E-state index < -0.39 is 77.4 Å². The highest BCUT2D eigenvalue weighted by Gasteiger charge is 2.41. The Hall–Kier alpha value is -8.03. The van der Waals surface area contributed by atoms with Gasteiger partial charge in [0.25, 0.3) is 5.91 Å². The molecule has 84 heavy (non-hydrogen) atoms. The Bertz CT molecular complexity index is 4030. The topological polar surface area (TPSA) is 169 Å². The Balaban J connectivity index is 0.879. The molecular weight excluding hydrogens is 1150 g/mol. The third kappa shape index (κ3) is 10.3. The standard InChI is InChI=1S/C57H53Cl2F7N12O6/c1-8-45(79)73-17-28(3)74(18-27(73)2)52-39-16-41(59)47(37-12-10-33(61)14-43(37)63)51-49(39)78(56(82)68-52)35(25-84-51)22-72-23-44(69-70-72)31(6)54(80)76-20-29(4)75(19-30(76)5)53-38-15-40(58)46(36-11-9-32(60)13-42(36)62)50-48(38)77(55(81)67-53)34(24-83-50)21-71(7)26-57(64,65)66/h8-16,23,27-30,34-35H,1,6,17-22,24-26H2,2-5,7H3/t27-,28+,29+,30-,34?,35?/m1/s1. The van der Waals surface area contributed by atoms with E-state index in [0.717, 1.165) is 23.1 Å². The van der Waals surface area contributed by atoms with Gasteiger partial charge in [0.2, 0.25) is 5.91 Å². The van der Waals surface area contributed by atoms with Crippen LogP contribution in [0.5, 0.6) is 11.5 Å².